The Kier molecular flexibility index (Phi) is 4.39. The lowest BCUT2D eigenvalue weighted by atomic mass is 10.2. The molecular weight excluding hydrogens is 296 g/mol. The normalized spacial score (nSPS) is 17.6. The second-order valence-electron chi connectivity index (χ2n) is 4.80. The van der Waals surface area contributed by atoms with Crippen molar-refractivity contribution >= 4 is 18.0 Å². The van der Waals surface area contributed by atoms with Gasteiger partial charge in [-0.2, -0.15) is 0 Å². The summed E-state index contributed by atoms with van der Waals surface area (Å²) in [4.78, 5) is 12.8. The Morgan fingerprint density at radius 2 is 2.05 bits per heavy atom. The number of nitrogens with zero attached hydrogens (tertiary/aromatic N) is 3. The number of thioether (sulfide) groups is 1. The van der Waals surface area contributed by atoms with Crippen LogP contribution in [-0.2, 0) is 0 Å². The van der Waals surface area contributed by atoms with Crippen LogP contribution in [0.4, 0.5) is 0 Å². The Hall–Kier alpha value is -2.34. The summed E-state index contributed by atoms with van der Waals surface area (Å²) in [6.07, 6.45) is 6.03. The molecule has 0 saturated heterocycles. The van der Waals surface area contributed by atoms with Gasteiger partial charge >= 0.3 is 0 Å². The van der Waals surface area contributed by atoms with E-state index in [-0.39, 0.29) is 5.25 Å². The zero-order valence-corrected chi connectivity index (χ0v) is 13.0. The van der Waals surface area contributed by atoms with Crippen LogP contribution in [-0.4, -0.2) is 21.4 Å². The van der Waals surface area contributed by atoms with Crippen LogP contribution in [0, 0.1) is 6.92 Å². The maximum absolute atomic E-state index is 5.94. The summed E-state index contributed by atoms with van der Waals surface area (Å²) in [6.45, 7) is 1.90. The number of hydrogen-bond acceptors (Lipinski definition) is 6. The zero-order valence-electron chi connectivity index (χ0n) is 12.1. The number of allylic oxidation sites excluding steroid dienone is 1. The van der Waals surface area contributed by atoms with Crippen LogP contribution in [0.25, 0.3) is 0 Å². The second kappa shape index (κ2) is 6.62. The minimum Gasteiger partial charge on any atom is -0.456 e. The molecule has 2 aromatic heterocycles. The summed E-state index contributed by atoms with van der Waals surface area (Å²) in [5.74, 6) is 1.80. The Morgan fingerprint density at radius 1 is 1.18 bits per heavy atom. The molecule has 0 spiro atoms. The van der Waals surface area contributed by atoms with Crippen molar-refractivity contribution in [1.82, 2.24) is 9.97 Å². The van der Waals surface area contributed by atoms with Crippen molar-refractivity contribution < 1.29 is 4.74 Å². The minimum absolute atomic E-state index is 0.147. The van der Waals surface area contributed by atoms with E-state index < -0.39 is 0 Å². The molecule has 22 heavy (non-hydrogen) atoms. The predicted molar refractivity (Wildman–Crippen MR) is 87.8 cm³/mol. The molecule has 0 radical (unpaired) electrons. The van der Waals surface area contributed by atoms with Gasteiger partial charge in [0.05, 0.1) is 16.0 Å². The molecule has 0 fully saturated rings. The summed E-state index contributed by atoms with van der Waals surface area (Å²) < 4.78 is 5.91. The molecule has 0 bridgehead atoms. The number of aliphatic imine (C=N–C) groups is 1. The number of hydrogen-bond donors (Lipinski definition) is 1. The van der Waals surface area contributed by atoms with E-state index >= 15 is 0 Å². The molecule has 3 heterocycles. The first kappa shape index (κ1) is 14.6. The molecule has 3 rings (SSSR count). The lowest BCUT2D eigenvalue weighted by Crippen LogP contribution is -2.19. The van der Waals surface area contributed by atoms with Gasteiger partial charge in [0.25, 0.3) is 0 Å². The topological polar surface area (TPSA) is 73.4 Å². The molecule has 6 heteroatoms. The summed E-state index contributed by atoms with van der Waals surface area (Å²) >= 11 is 1.64. The van der Waals surface area contributed by atoms with E-state index in [0.29, 0.717) is 23.8 Å². The lowest BCUT2D eigenvalue weighted by molar-refractivity contribution is 0.392. The Labute approximate surface area is 133 Å². The predicted octanol–water partition coefficient (Wildman–Crippen LogP) is 2.93. The molecule has 0 aromatic carbocycles. The SMILES string of the molecule is Cc1ncccc1OC1=C(N)N=CC(Sc2ccccn2)C1. The first-order chi connectivity index (χ1) is 10.7. The van der Waals surface area contributed by atoms with Gasteiger partial charge in [-0.05, 0) is 31.2 Å². The van der Waals surface area contributed by atoms with Crippen molar-refractivity contribution in [2.45, 2.75) is 23.6 Å². The van der Waals surface area contributed by atoms with Gasteiger partial charge in [-0.1, -0.05) is 17.8 Å². The van der Waals surface area contributed by atoms with Gasteiger partial charge in [0.15, 0.2) is 5.82 Å². The molecule has 5 nitrogen and oxygen atoms in total. The molecule has 112 valence electrons. The van der Waals surface area contributed by atoms with E-state index in [1.807, 2.05) is 43.5 Å². The number of ether oxygens (including phenoxy) is 1. The number of nitrogens with two attached hydrogens (primary N) is 1. The van der Waals surface area contributed by atoms with E-state index in [2.05, 4.69) is 15.0 Å². The highest BCUT2D eigenvalue weighted by molar-refractivity contribution is 8.00. The standard InChI is InChI=1S/C16H16N4OS/c1-11-13(5-4-8-18-11)21-14-9-12(10-20-16(14)17)22-15-6-2-3-7-19-15/h2-8,10,12H,9,17H2,1H3. The van der Waals surface area contributed by atoms with Crippen LogP contribution in [0.15, 0.2) is 64.3 Å². The van der Waals surface area contributed by atoms with Crippen LogP contribution in [0.3, 0.4) is 0 Å². The van der Waals surface area contributed by atoms with E-state index in [4.69, 9.17) is 10.5 Å². The van der Waals surface area contributed by atoms with Gasteiger partial charge in [0.1, 0.15) is 11.5 Å². The fourth-order valence-corrected chi connectivity index (χ4v) is 2.97. The van der Waals surface area contributed by atoms with E-state index in [1.54, 1.807) is 24.2 Å². The number of rotatable bonds is 4. The highest BCUT2D eigenvalue weighted by atomic mass is 32.2. The number of aryl methyl sites for hydroxylation is 1. The third-order valence-corrected chi connectivity index (χ3v) is 4.23. The zero-order chi connectivity index (χ0) is 15.4. The van der Waals surface area contributed by atoms with Crippen LogP contribution >= 0.6 is 11.8 Å². The number of aromatic nitrogens is 2. The van der Waals surface area contributed by atoms with Gasteiger partial charge in [0, 0.05) is 25.0 Å². The summed E-state index contributed by atoms with van der Waals surface area (Å²) in [7, 11) is 0. The summed E-state index contributed by atoms with van der Waals surface area (Å²) in [5.41, 5.74) is 6.77. The largest absolute Gasteiger partial charge is 0.456 e. The van der Waals surface area contributed by atoms with Crippen LogP contribution in [0.2, 0.25) is 0 Å². The molecule has 1 atom stereocenters. The quantitative estimate of drug-likeness (QED) is 0.939. The molecule has 0 amide bonds. The average Bonchev–Trinajstić information content (AvgIpc) is 2.54. The van der Waals surface area contributed by atoms with Crippen molar-refractivity contribution in [3.8, 4) is 5.75 Å². The lowest BCUT2D eigenvalue weighted by Gasteiger charge is -2.20. The molecule has 0 aliphatic carbocycles. The van der Waals surface area contributed by atoms with Crippen molar-refractivity contribution in [2.75, 3.05) is 0 Å². The van der Waals surface area contributed by atoms with E-state index in [1.165, 1.54) is 0 Å². The molecule has 1 aliphatic rings. The smallest absolute Gasteiger partial charge is 0.162 e. The molecule has 0 saturated carbocycles. The highest BCUT2D eigenvalue weighted by Gasteiger charge is 2.20. The second-order valence-corrected chi connectivity index (χ2v) is 6.06. The molecule has 2 N–H and O–H groups in total. The Morgan fingerprint density at radius 3 is 2.82 bits per heavy atom. The van der Waals surface area contributed by atoms with E-state index in [0.717, 1.165) is 10.7 Å². The van der Waals surface area contributed by atoms with Gasteiger partial charge in [-0.15, -0.1) is 0 Å². The van der Waals surface area contributed by atoms with Gasteiger partial charge < -0.3 is 10.5 Å². The maximum Gasteiger partial charge on any atom is 0.162 e. The molecule has 2 aromatic rings. The van der Waals surface area contributed by atoms with Gasteiger partial charge in [-0.3, -0.25) is 4.98 Å². The molecule has 1 unspecified atom stereocenters. The maximum atomic E-state index is 5.94. The third kappa shape index (κ3) is 3.46. The molecular formula is C16H16N4OS. The average molecular weight is 312 g/mol. The Balaban J connectivity index is 1.72. The summed E-state index contributed by atoms with van der Waals surface area (Å²) in [6, 6.07) is 9.56. The number of pyridine rings is 2. The van der Waals surface area contributed by atoms with Crippen molar-refractivity contribution in [2.24, 2.45) is 10.7 Å². The van der Waals surface area contributed by atoms with Crippen LogP contribution in [0.1, 0.15) is 12.1 Å². The fourth-order valence-electron chi connectivity index (χ4n) is 2.02. The monoisotopic (exact) mass is 312 g/mol. The van der Waals surface area contributed by atoms with E-state index in [9.17, 15) is 0 Å². The third-order valence-electron chi connectivity index (χ3n) is 3.15. The van der Waals surface area contributed by atoms with Crippen molar-refractivity contribution in [3.05, 3.63) is 60.0 Å². The van der Waals surface area contributed by atoms with Crippen LogP contribution < -0.4 is 10.5 Å². The molecule has 1 aliphatic heterocycles. The fraction of sp³-hybridized carbons (Fsp3) is 0.188. The summed E-state index contributed by atoms with van der Waals surface area (Å²) in [5, 5.41) is 1.10. The van der Waals surface area contributed by atoms with Crippen molar-refractivity contribution in [3.63, 3.8) is 0 Å². The first-order valence-corrected chi connectivity index (χ1v) is 7.80. The van der Waals surface area contributed by atoms with Crippen molar-refractivity contribution in [1.29, 1.82) is 0 Å². The highest BCUT2D eigenvalue weighted by Crippen LogP contribution is 2.30. The Bertz CT molecular complexity index is 715. The van der Waals surface area contributed by atoms with Gasteiger partial charge in [-0.25, -0.2) is 9.98 Å². The van der Waals surface area contributed by atoms with Crippen LogP contribution in [0.5, 0.6) is 5.75 Å². The van der Waals surface area contributed by atoms with Gasteiger partial charge in [0.2, 0.25) is 0 Å². The minimum atomic E-state index is 0.147. The first-order valence-electron chi connectivity index (χ1n) is 6.92.